The van der Waals surface area contributed by atoms with Crippen molar-refractivity contribution in [3.8, 4) is 0 Å². The molecule has 1 atom stereocenters. The molecule has 3 amide bonds. The number of hydrogen-bond acceptors (Lipinski definition) is 6. The number of nitrogens with zero attached hydrogens (tertiary/aromatic N) is 3. The Bertz CT molecular complexity index is 900. The molecule has 3 saturated heterocycles. The molecule has 156 valence electrons. The molecule has 3 aliphatic rings. The summed E-state index contributed by atoms with van der Waals surface area (Å²) in [5, 5.41) is 0. The van der Waals surface area contributed by atoms with Gasteiger partial charge in [-0.3, -0.25) is 19.3 Å². The highest BCUT2D eigenvalue weighted by Crippen LogP contribution is 2.26. The van der Waals surface area contributed by atoms with Crippen molar-refractivity contribution < 1.29 is 27.5 Å². The van der Waals surface area contributed by atoms with Crippen LogP contribution < -0.4 is 4.90 Å². The van der Waals surface area contributed by atoms with Crippen LogP contribution in [-0.2, 0) is 29.1 Å². The van der Waals surface area contributed by atoms with Crippen molar-refractivity contribution in [3.05, 3.63) is 24.3 Å². The molecular formula is C19H23N3O6S. The maximum Gasteiger partial charge on any atom is 0.251 e. The third-order valence-corrected chi connectivity index (χ3v) is 7.45. The summed E-state index contributed by atoms with van der Waals surface area (Å²) in [5.74, 6) is -0.626. The molecular weight excluding hydrogens is 398 g/mol. The number of piperazine rings is 1. The Hall–Kier alpha value is -2.30. The van der Waals surface area contributed by atoms with Crippen molar-refractivity contribution in [3.63, 3.8) is 0 Å². The van der Waals surface area contributed by atoms with Crippen LogP contribution in [0.1, 0.15) is 25.7 Å². The molecule has 0 spiro atoms. The summed E-state index contributed by atoms with van der Waals surface area (Å²) in [6.45, 7) is 1.67. The molecule has 3 aliphatic heterocycles. The largest absolute Gasteiger partial charge is 0.368 e. The average Bonchev–Trinajstić information content (AvgIpc) is 3.38. The van der Waals surface area contributed by atoms with Gasteiger partial charge in [0.2, 0.25) is 21.8 Å². The molecule has 0 bridgehead atoms. The van der Waals surface area contributed by atoms with Crippen molar-refractivity contribution in [2.45, 2.75) is 36.7 Å². The summed E-state index contributed by atoms with van der Waals surface area (Å²) in [6, 6.07) is 5.78. The first-order valence-electron chi connectivity index (χ1n) is 9.74. The molecule has 0 saturated carbocycles. The Balaban J connectivity index is 1.42. The van der Waals surface area contributed by atoms with Gasteiger partial charge in [0, 0.05) is 45.6 Å². The van der Waals surface area contributed by atoms with Gasteiger partial charge in [-0.25, -0.2) is 8.42 Å². The van der Waals surface area contributed by atoms with E-state index in [4.69, 9.17) is 4.74 Å². The van der Waals surface area contributed by atoms with E-state index in [2.05, 4.69) is 0 Å². The average molecular weight is 421 g/mol. The van der Waals surface area contributed by atoms with E-state index in [1.807, 2.05) is 0 Å². The van der Waals surface area contributed by atoms with Crippen LogP contribution in [0.25, 0.3) is 0 Å². The number of carbonyl (C=O) groups excluding carboxylic acids is 3. The summed E-state index contributed by atoms with van der Waals surface area (Å²) < 4.78 is 32.6. The van der Waals surface area contributed by atoms with E-state index in [1.54, 1.807) is 4.90 Å². The number of anilines is 1. The Morgan fingerprint density at radius 3 is 2.14 bits per heavy atom. The highest BCUT2D eigenvalue weighted by molar-refractivity contribution is 7.89. The number of hydrogen-bond donors (Lipinski definition) is 0. The zero-order chi connectivity index (χ0) is 20.6. The lowest BCUT2D eigenvalue weighted by Gasteiger charge is -2.35. The minimum absolute atomic E-state index is 0.0659. The number of benzene rings is 1. The number of rotatable bonds is 4. The van der Waals surface area contributed by atoms with Gasteiger partial charge in [0.25, 0.3) is 5.91 Å². The Morgan fingerprint density at radius 1 is 0.966 bits per heavy atom. The fraction of sp³-hybridized carbons (Fsp3) is 0.526. The Labute approximate surface area is 169 Å². The summed E-state index contributed by atoms with van der Waals surface area (Å²) in [4.78, 5) is 38.9. The van der Waals surface area contributed by atoms with E-state index >= 15 is 0 Å². The molecule has 1 aromatic carbocycles. The second-order valence-electron chi connectivity index (χ2n) is 7.35. The van der Waals surface area contributed by atoms with Crippen LogP contribution >= 0.6 is 0 Å². The monoisotopic (exact) mass is 421 g/mol. The molecule has 3 heterocycles. The molecule has 0 N–H and O–H groups in total. The minimum atomic E-state index is -3.72. The minimum Gasteiger partial charge on any atom is -0.368 e. The fourth-order valence-electron chi connectivity index (χ4n) is 3.91. The molecule has 0 aliphatic carbocycles. The van der Waals surface area contributed by atoms with Gasteiger partial charge in [0.1, 0.15) is 6.10 Å². The van der Waals surface area contributed by atoms with E-state index < -0.39 is 16.1 Å². The van der Waals surface area contributed by atoms with E-state index in [0.717, 1.165) is 11.3 Å². The molecule has 0 aromatic heterocycles. The first-order valence-corrected chi connectivity index (χ1v) is 11.2. The van der Waals surface area contributed by atoms with Gasteiger partial charge in [0.05, 0.1) is 10.6 Å². The molecule has 1 unspecified atom stereocenters. The van der Waals surface area contributed by atoms with Gasteiger partial charge in [0.15, 0.2) is 0 Å². The molecule has 9 nitrogen and oxygen atoms in total. The van der Waals surface area contributed by atoms with Crippen LogP contribution in [0.15, 0.2) is 29.2 Å². The molecule has 29 heavy (non-hydrogen) atoms. The van der Waals surface area contributed by atoms with E-state index in [1.165, 1.54) is 28.6 Å². The van der Waals surface area contributed by atoms with E-state index in [-0.39, 0.29) is 48.5 Å². The smallest absolute Gasteiger partial charge is 0.251 e. The van der Waals surface area contributed by atoms with Crippen LogP contribution in [0.3, 0.4) is 0 Å². The van der Waals surface area contributed by atoms with Crippen molar-refractivity contribution >= 4 is 33.4 Å². The zero-order valence-corrected chi connectivity index (χ0v) is 16.8. The lowest BCUT2D eigenvalue weighted by Crippen LogP contribution is -2.52. The second-order valence-corrected chi connectivity index (χ2v) is 9.29. The van der Waals surface area contributed by atoms with Gasteiger partial charge in [-0.1, -0.05) is 0 Å². The fourth-order valence-corrected chi connectivity index (χ4v) is 5.33. The number of sulfonamides is 1. The lowest BCUT2D eigenvalue weighted by atomic mass is 10.2. The van der Waals surface area contributed by atoms with Crippen molar-refractivity contribution in [2.75, 3.05) is 37.7 Å². The van der Waals surface area contributed by atoms with Crippen LogP contribution in [0.5, 0.6) is 0 Å². The quantitative estimate of drug-likeness (QED) is 0.650. The van der Waals surface area contributed by atoms with Gasteiger partial charge in [-0.2, -0.15) is 4.31 Å². The van der Waals surface area contributed by atoms with Gasteiger partial charge < -0.3 is 9.64 Å². The number of carbonyl (C=O) groups is 3. The molecule has 3 fully saturated rings. The number of amides is 3. The molecule has 10 heteroatoms. The van der Waals surface area contributed by atoms with Gasteiger partial charge >= 0.3 is 0 Å². The van der Waals surface area contributed by atoms with Crippen LogP contribution in [-0.4, -0.2) is 74.2 Å². The summed E-state index contributed by atoms with van der Waals surface area (Å²) in [7, 11) is -3.72. The topological polar surface area (TPSA) is 104 Å². The SMILES string of the molecule is O=C(C1CCCO1)N1CCN(S(=O)(=O)c2ccc(N3C(=O)CCC3=O)cc2)CC1. The standard InChI is InChI=1S/C19H23N3O6S/c23-17-7-8-18(24)22(17)14-3-5-15(6-4-14)29(26,27)21-11-9-20(10-12-21)19(25)16-2-1-13-28-16/h3-6,16H,1-2,7-13H2. The normalized spacial score (nSPS) is 23.8. The predicted octanol–water partition coefficient (Wildman–Crippen LogP) is 0.352. The third kappa shape index (κ3) is 3.79. The molecule has 4 rings (SSSR count). The van der Waals surface area contributed by atoms with Crippen molar-refractivity contribution in [1.29, 1.82) is 0 Å². The summed E-state index contributed by atoms with van der Waals surface area (Å²) >= 11 is 0. The van der Waals surface area contributed by atoms with Crippen LogP contribution in [0.2, 0.25) is 0 Å². The van der Waals surface area contributed by atoms with E-state index in [0.29, 0.717) is 31.8 Å². The zero-order valence-electron chi connectivity index (χ0n) is 16.0. The van der Waals surface area contributed by atoms with Gasteiger partial charge in [-0.15, -0.1) is 0 Å². The second kappa shape index (κ2) is 7.85. The Kier molecular flexibility index (Phi) is 5.41. The third-order valence-electron chi connectivity index (χ3n) is 5.54. The number of imide groups is 1. The first-order chi connectivity index (χ1) is 13.9. The number of ether oxygens (including phenoxy) is 1. The lowest BCUT2D eigenvalue weighted by molar-refractivity contribution is -0.142. The van der Waals surface area contributed by atoms with Crippen LogP contribution in [0.4, 0.5) is 5.69 Å². The van der Waals surface area contributed by atoms with Crippen LogP contribution in [0, 0.1) is 0 Å². The maximum absolute atomic E-state index is 12.9. The highest BCUT2D eigenvalue weighted by atomic mass is 32.2. The predicted molar refractivity (Wildman–Crippen MR) is 102 cm³/mol. The molecule has 0 radical (unpaired) electrons. The van der Waals surface area contributed by atoms with Gasteiger partial charge in [-0.05, 0) is 37.1 Å². The van der Waals surface area contributed by atoms with Crippen molar-refractivity contribution in [2.24, 2.45) is 0 Å². The highest BCUT2D eigenvalue weighted by Gasteiger charge is 2.34. The Morgan fingerprint density at radius 2 is 1.59 bits per heavy atom. The summed E-state index contributed by atoms with van der Waals surface area (Å²) in [5.41, 5.74) is 0.378. The molecule has 1 aromatic rings. The summed E-state index contributed by atoms with van der Waals surface area (Å²) in [6.07, 6.45) is 1.53. The maximum atomic E-state index is 12.9. The van der Waals surface area contributed by atoms with Crippen molar-refractivity contribution in [1.82, 2.24) is 9.21 Å². The van der Waals surface area contributed by atoms with E-state index in [9.17, 15) is 22.8 Å². The first kappa shape index (κ1) is 20.0.